The second kappa shape index (κ2) is 9.12. The van der Waals surface area contributed by atoms with Gasteiger partial charge in [-0.15, -0.1) is 0 Å². The van der Waals surface area contributed by atoms with Crippen LogP contribution in [0.15, 0.2) is 47.6 Å². The molecule has 0 bridgehead atoms. The molecule has 0 saturated heterocycles. The molecule has 0 fully saturated rings. The minimum Gasteiger partial charge on any atom is -0.493 e. The van der Waals surface area contributed by atoms with E-state index in [-0.39, 0.29) is 11.5 Å². The maximum Gasteiger partial charge on any atom is 0.201 e. The number of rotatable bonds is 6. The van der Waals surface area contributed by atoms with Gasteiger partial charge in [0.2, 0.25) is 5.17 Å². The van der Waals surface area contributed by atoms with E-state index in [1.807, 2.05) is 31.2 Å². The lowest BCUT2D eigenvalue weighted by Crippen LogP contribution is -2.36. The zero-order chi connectivity index (χ0) is 19.1. The van der Waals surface area contributed by atoms with Crippen molar-refractivity contribution >= 4 is 28.4 Å². The monoisotopic (exact) mass is 374 g/mol. The van der Waals surface area contributed by atoms with Crippen molar-refractivity contribution in [1.82, 2.24) is 0 Å². The number of hydrogen-bond donors (Lipinski definition) is 2. The van der Waals surface area contributed by atoms with E-state index in [1.54, 1.807) is 25.3 Å². The van der Waals surface area contributed by atoms with Crippen LogP contribution >= 0.6 is 11.8 Å². The van der Waals surface area contributed by atoms with Gasteiger partial charge in [-0.1, -0.05) is 29.5 Å². The first-order valence-corrected chi connectivity index (χ1v) is 8.76. The first kappa shape index (κ1) is 19.6. The number of nitrogens with two attached hydrogens (primary N) is 2. The third-order valence-electron chi connectivity index (χ3n) is 3.67. The molecule has 0 heterocycles. The molecule has 4 N–H and O–H groups in total. The number of thioether (sulfide) groups is 1. The Morgan fingerprint density at radius 3 is 2.35 bits per heavy atom. The van der Waals surface area contributed by atoms with Gasteiger partial charge in [-0.05, 0) is 37.3 Å². The summed E-state index contributed by atoms with van der Waals surface area (Å²) in [6.07, 6.45) is 0. The van der Waals surface area contributed by atoms with E-state index in [4.69, 9.17) is 21.2 Å². The van der Waals surface area contributed by atoms with E-state index in [0.717, 1.165) is 23.0 Å². The smallest absolute Gasteiger partial charge is 0.201 e. The van der Waals surface area contributed by atoms with Gasteiger partial charge in [0.15, 0.2) is 17.3 Å². The van der Waals surface area contributed by atoms with Gasteiger partial charge in [-0.2, -0.15) is 5.10 Å². The molecule has 0 spiro atoms. The standard InChI is InChI=1S/C18H22N4O3S/c1-12-4-7-14(8-5-12)22(20)18(21-19)26-11-15(23)13-6-9-16(24-2)17(10-13)25-3/h4-10H,11,19-20H2,1-3H3/b21-18+. The summed E-state index contributed by atoms with van der Waals surface area (Å²) in [5.41, 5.74) is 2.35. The van der Waals surface area contributed by atoms with E-state index in [1.165, 1.54) is 12.1 Å². The molecular weight excluding hydrogens is 352 g/mol. The Balaban J connectivity index is 2.06. The van der Waals surface area contributed by atoms with Crippen molar-refractivity contribution in [1.29, 1.82) is 0 Å². The molecule has 8 heteroatoms. The summed E-state index contributed by atoms with van der Waals surface area (Å²) >= 11 is 1.16. The van der Waals surface area contributed by atoms with Crippen LogP contribution in [0, 0.1) is 6.92 Å². The minimum atomic E-state index is -0.102. The molecule has 2 rings (SSSR count). The van der Waals surface area contributed by atoms with Gasteiger partial charge in [0.05, 0.1) is 25.7 Å². The summed E-state index contributed by atoms with van der Waals surface area (Å²) in [6.45, 7) is 1.99. The number of benzene rings is 2. The van der Waals surface area contributed by atoms with Crippen molar-refractivity contribution < 1.29 is 14.3 Å². The van der Waals surface area contributed by atoms with Crippen LogP contribution < -0.4 is 26.2 Å². The molecule has 0 atom stereocenters. The van der Waals surface area contributed by atoms with Crippen LogP contribution in [0.5, 0.6) is 11.5 Å². The predicted octanol–water partition coefficient (Wildman–Crippen LogP) is 2.54. The highest BCUT2D eigenvalue weighted by Gasteiger charge is 2.15. The summed E-state index contributed by atoms with van der Waals surface area (Å²) in [4.78, 5) is 12.5. The summed E-state index contributed by atoms with van der Waals surface area (Å²) < 4.78 is 10.4. The van der Waals surface area contributed by atoms with E-state index in [0.29, 0.717) is 22.2 Å². The zero-order valence-corrected chi connectivity index (χ0v) is 15.7. The maximum atomic E-state index is 12.5. The average molecular weight is 374 g/mol. The van der Waals surface area contributed by atoms with E-state index in [2.05, 4.69) is 5.10 Å². The van der Waals surface area contributed by atoms with Crippen molar-refractivity contribution in [3.05, 3.63) is 53.6 Å². The van der Waals surface area contributed by atoms with Crippen molar-refractivity contribution in [2.75, 3.05) is 25.0 Å². The number of nitrogens with zero attached hydrogens (tertiary/aromatic N) is 2. The molecular formula is C18H22N4O3S. The summed E-state index contributed by atoms with van der Waals surface area (Å²) in [7, 11) is 3.06. The molecule has 7 nitrogen and oxygen atoms in total. The number of methoxy groups -OCH3 is 2. The third kappa shape index (κ3) is 4.68. The number of ether oxygens (including phenoxy) is 2. The minimum absolute atomic E-state index is 0.102. The lowest BCUT2D eigenvalue weighted by Gasteiger charge is -2.19. The van der Waals surface area contributed by atoms with Gasteiger partial charge in [-0.25, -0.2) is 5.84 Å². The average Bonchev–Trinajstić information content (AvgIpc) is 2.68. The number of amidine groups is 1. The lowest BCUT2D eigenvalue weighted by molar-refractivity contribution is 0.102. The number of anilines is 1. The fourth-order valence-electron chi connectivity index (χ4n) is 2.21. The van der Waals surface area contributed by atoms with Gasteiger partial charge < -0.3 is 15.3 Å². The molecule has 26 heavy (non-hydrogen) atoms. The Hall–Kier alpha value is -2.71. The molecule has 2 aromatic carbocycles. The number of ketones is 1. The van der Waals surface area contributed by atoms with Crippen LogP contribution in [-0.2, 0) is 0 Å². The second-order valence-corrected chi connectivity index (χ2v) is 6.34. The van der Waals surface area contributed by atoms with Crippen LogP contribution in [0.3, 0.4) is 0 Å². The molecule has 0 amide bonds. The van der Waals surface area contributed by atoms with Crippen molar-refractivity contribution in [3.63, 3.8) is 0 Å². The van der Waals surface area contributed by atoms with Crippen LogP contribution in [0.1, 0.15) is 15.9 Å². The lowest BCUT2D eigenvalue weighted by atomic mass is 10.1. The van der Waals surface area contributed by atoms with Gasteiger partial charge in [0, 0.05) is 5.56 Å². The Kier molecular flexibility index (Phi) is 6.88. The number of carbonyl (C=O) groups is 1. The van der Waals surface area contributed by atoms with Gasteiger partial charge >= 0.3 is 0 Å². The van der Waals surface area contributed by atoms with Crippen molar-refractivity contribution in [2.45, 2.75) is 6.92 Å². The quantitative estimate of drug-likeness (QED) is 0.263. The highest BCUT2D eigenvalue weighted by Crippen LogP contribution is 2.28. The van der Waals surface area contributed by atoms with Gasteiger partial charge in [0.1, 0.15) is 0 Å². The topological polar surface area (TPSA) is 103 Å². The van der Waals surface area contributed by atoms with E-state index >= 15 is 0 Å². The highest BCUT2D eigenvalue weighted by molar-refractivity contribution is 8.14. The van der Waals surface area contributed by atoms with Gasteiger partial charge in [0.25, 0.3) is 0 Å². The maximum absolute atomic E-state index is 12.5. The summed E-state index contributed by atoms with van der Waals surface area (Å²) in [5.74, 6) is 12.6. The molecule has 0 aliphatic rings. The normalized spacial score (nSPS) is 11.2. The fourth-order valence-corrected chi connectivity index (χ4v) is 2.95. The number of hydrogen-bond acceptors (Lipinski definition) is 7. The van der Waals surface area contributed by atoms with Crippen LogP contribution in [0.2, 0.25) is 0 Å². The second-order valence-electron chi connectivity index (χ2n) is 5.40. The number of aryl methyl sites for hydroxylation is 1. The first-order chi connectivity index (χ1) is 12.5. The first-order valence-electron chi connectivity index (χ1n) is 7.77. The molecule has 2 aromatic rings. The molecule has 0 radical (unpaired) electrons. The molecule has 0 unspecified atom stereocenters. The number of hydrazone groups is 1. The Bertz CT molecular complexity index is 794. The Morgan fingerprint density at radius 2 is 1.77 bits per heavy atom. The van der Waals surface area contributed by atoms with Crippen LogP contribution in [0.25, 0.3) is 0 Å². The van der Waals surface area contributed by atoms with Crippen molar-refractivity contribution in [3.8, 4) is 11.5 Å². The van der Waals surface area contributed by atoms with E-state index in [9.17, 15) is 4.79 Å². The Labute approximate surface area is 156 Å². The fraction of sp³-hybridized carbons (Fsp3) is 0.222. The van der Waals surface area contributed by atoms with Gasteiger partial charge in [-0.3, -0.25) is 9.80 Å². The Morgan fingerprint density at radius 1 is 1.12 bits per heavy atom. The number of carbonyl (C=O) groups excluding carboxylic acids is 1. The largest absolute Gasteiger partial charge is 0.493 e. The molecule has 0 aliphatic heterocycles. The summed E-state index contributed by atoms with van der Waals surface area (Å²) in [6, 6.07) is 12.6. The predicted molar refractivity (Wildman–Crippen MR) is 106 cm³/mol. The number of Topliss-reactive ketones (excluding diaryl/α,β-unsaturated/α-hetero) is 1. The highest BCUT2D eigenvalue weighted by atomic mass is 32.2. The van der Waals surface area contributed by atoms with Crippen LogP contribution in [0.4, 0.5) is 5.69 Å². The molecule has 138 valence electrons. The molecule has 0 saturated carbocycles. The number of hydrazine groups is 1. The van der Waals surface area contributed by atoms with Crippen molar-refractivity contribution in [2.24, 2.45) is 16.8 Å². The van der Waals surface area contributed by atoms with Crippen LogP contribution in [-0.4, -0.2) is 30.9 Å². The van der Waals surface area contributed by atoms with E-state index < -0.39 is 0 Å². The molecule has 0 aliphatic carbocycles. The molecule has 0 aromatic heterocycles. The zero-order valence-electron chi connectivity index (χ0n) is 14.9. The third-order valence-corrected chi connectivity index (χ3v) is 4.63. The summed E-state index contributed by atoms with van der Waals surface area (Å²) in [5, 5.41) is 5.39. The SMILES string of the molecule is COc1ccc(C(=O)CS/C(=N/N)N(N)c2ccc(C)cc2)cc1OC.